The van der Waals surface area contributed by atoms with Crippen LogP contribution in [-0.4, -0.2) is 35.1 Å². The van der Waals surface area contributed by atoms with Gasteiger partial charge >= 0.3 is 12.0 Å². The number of carbonyl (C=O) groups is 2. The summed E-state index contributed by atoms with van der Waals surface area (Å²) in [5.74, 6) is -1.01. The van der Waals surface area contributed by atoms with Crippen molar-refractivity contribution >= 4 is 33.6 Å². The summed E-state index contributed by atoms with van der Waals surface area (Å²) in [6, 6.07) is 4.21. The minimum Gasteiger partial charge on any atom is -0.480 e. The van der Waals surface area contributed by atoms with Gasteiger partial charge in [0.15, 0.2) is 0 Å². The van der Waals surface area contributed by atoms with Crippen LogP contribution in [0, 0.1) is 6.92 Å². The number of anilines is 1. The SMILES string of the molecule is CCC(C(=O)O)N(C)C(=O)Nc1ccc(Br)cc1C. The van der Waals surface area contributed by atoms with Gasteiger partial charge in [-0.25, -0.2) is 9.59 Å². The third kappa shape index (κ3) is 3.96. The van der Waals surface area contributed by atoms with Gasteiger partial charge in [0.25, 0.3) is 0 Å². The molecule has 1 atom stereocenters. The number of hydrogen-bond acceptors (Lipinski definition) is 2. The van der Waals surface area contributed by atoms with Gasteiger partial charge in [-0.15, -0.1) is 0 Å². The molecule has 0 spiro atoms. The molecule has 104 valence electrons. The molecule has 2 amide bonds. The highest BCUT2D eigenvalue weighted by Gasteiger charge is 2.24. The van der Waals surface area contributed by atoms with E-state index in [1.54, 1.807) is 13.0 Å². The van der Waals surface area contributed by atoms with Crippen molar-refractivity contribution in [2.45, 2.75) is 26.3 Å². The molecule has 1 rings (SSSR count). The van der Waals surface area contributed by atoms with Gasteiger partial charge in [0.2, 0.25) is 0 Å². The number of aliphatic carboxylic acids is 1. The molecular weight excluding hydrogens is 312 g/mol. The zero-order valence-electron chi connectivity index (χ0n) is 11.1. The van der Waals surface area contributed by atoms with E-state index >= 15 is 0 Å². The van der Waals surface area contributed by atoms with Gasteiger partial charge in [0.1, 0.15) is 6.04 Å². The molecule has 0 saturated heterocycles. The molecule has 1 aromatic carbocycles. The third-order valence-electron chi connectivity index (χ3n) is 2.89. The summed E-state index contributed by atoms with van der Waals surface area (Å²) >= 11 is 3.34. The summed E-state index contributed by atoms with van der Waals surface area (Å²) in [4.78, 5) is 24.2. The predicted octanol–water partition coefficient (Wildman–Crippen LogP) is 3.08. The molecule has 19 heavy (non-hydrogen) atoms. The number of aryl methyl sites for hydroxylation is 1. The van der Waals surface area contributed by atoms with Gasteiger partial charge in [-0.2, -0.15) is 0 Å². The first-order chi connectivity index (χ1) is 8.86. The number of rotatable bonds is 4. The van der Waals surface area contributed by atoms with Crippen molar-refractivity contribution in [3.63, 3.8) is 0 Å². The van der Waals surface area contributed by atoms with Crippen molar-refractivity contribution in [1.82, 2.24) is 4.90 Å². The van der Waals surface area contributed by atoms with E-state index in [0.717, 1.165) is 10.0 Å². The topological polar surface area (TPSA) is 69.6 Å². The summed E-state index contributed by atoms with van der Waals surface area (Å²) in [6.07, 6.45) is 0.360. The summed E-state index contributed by atoms with van der Waals surface area (Å²) in [6.45, 7) is 3.60. The number of hydrogen-bond donors (Lipinski definition) is 2. The van der Waals surface area contributed by atoms with Crippen molar-refractivity contribution < 1.29 is 14.7 Å². The Balaban J connectivity index is 2.81. The fourth-order valence-corrected chi connectivity index (χ4v) is 2.20. The maximum Gasteiger partial charge on any atom is 0.326 e. The van der Waals surface area contributed by atoms with E-state index in [1.807, 2.05) is 19.1 Å². The Kier molecular flexibility index (Phi) is 5.35. The molecule has 0 heterocycles. The number of carbonyl (C=O) groups excluding carboxylic acids is 1. The van der Waals surface area contributed by atoms with Gasteiger partial charge in [0, 0.05) is 17.2 Å². The van der Waals surface area contributed by atoms with Crippen molar-refractivity contribution in [3.8, 4) is 0 Å². The lowest BCUT2D eigenvalue weighted by Crippen LogP contribution is -2.44. The molecular formula is C13H17BrN2O3. The van der Waals surface area contributed by atoms with Gasteiger partial charge < -0.3 is 15.3 Å². The average Bonchev–Trinajstić information content (AvgIpc) is 2.32. The summed E-state index contributed by atoms with van der Waals surface area (Å²) < 4.78 is 0.924. The molecule has 0 radical (unpaired) electrons. The summed E-state index contributed by atoms with van der Waals surface area (Å²) in [5, 5.41) is 11.7. The number of amides is 2. The molecule has 0 aliphatic rings. The lowest BCUT2D eigenvalue weighted by atomic mass is 10.2. The molecule has 1 unspecified atom stereocenters. The molecule has 1 aromatic rings. The molecule has 0 saturated carbocycles. The van der Waals surface area contributed by atoms with Crippen LogP contribution in [0.3, 0.4) is 0 Å². The van der Waals surface area contributed by atoms with Gasteiger partial charge in [0.05, 0.1) is 0 Å². The van der Waals surface area contributed by atoms with Crippen LogP contribution in [0.15, 0.2) is 22.7 Å². The average molecular weight is 329 g/mol. The maximum absolute atomic E-state index is 12.0. The van der Waals surface area contributed by atoms with Crippen LogP contribution in [-0.2, 0) is 4.79 Å². The van der Waals surface area contributed by atoms with Crippen molar-refractivity contribution in [3.05, 3.63) is 28.2 Å². The van der Waals surface area contributed by atoms with Crippen LogP contribution in [0.4, 0.5) is 10.5 Å². The zero-order valence-corrected chi connectivity index (χ0v) is 12.7. The quantitative estimate of drug-likeness (QED) is 0.892. The molecule has 0 aliphatic carbocycles. The second kappa shape index (κ2) is 6.56. The van der Waals surface area contributed by atoms with E-state index in [1.165, 1.54) is 11.9 Å². The monoisotopic (exact) mass is 328 g/mol. The first kappa shape index (κ1) is 15.5. The zero-order chi connectivity index (χ0) is 14.6. The van der Waals surface area contributed by atoms with Crippen molar-refractivity contribution in [2.75, 3.05) is 12.4 Å². The largest absolute Gasteiger partial charge is 0.480 e. The molecule has 0 fully saturated rings. The smallest absolute Gasteiger partial charge is 0.326 e. The second-order valence-electron chi connectivity index (χ2n) is 4.26. The van der Waals surface area contributed by atoms with E-state index in [4.69, 9.17) is 5.11 Å². The Labute approximate surface area is 120 Å². The highest BCUT2D eigenvalue weighted by atomic mass is 79.9. The fourth-order valence-electron chi connectivity index (χ4n) is 1.73. The van der Waals surface area contributed by atoms with Crippen LogP contribution in [0.1, 0.15) is 18.9 Å². The highest BCUT2D eigenvalue weighted by Crippen LogP contribution is 2.20. The Morgan fingerprint density at radius 1 is 1.47 bits per heavy atom. The summed E-state index contributed by atoms with van der Waals surface area (Å²) in [5.41, 5.74) is 1.57. The lowest BCUT2D eigenvalue weighted by molar-refractivity contribution is -0.141. The normalized spacial score (nSPS) is 11.8. The number of likely N-dealkylation sites (N-methyl/N-ethyl adjacent to an activating group) is 1. The Morgan fingerprint density at radius 2 is 2.11 bits per heavy atom. The minimum absolute atomic E-state index is 0.360. The minimum atomic E-state index is -1.01. The number of nitrogens with one attached hydrogen (secondary N) is 1. The number of benzene rings is 1. The maximum atomic E-state index is 12.0. The molecule has 0 aliphatic heterocycles. The fraction of sp³-hybridized carbons (Fsp3) is 0.385. The highest BCUT2D eigenvalue weighted by molar-refractivity contribution is 9.10. The first-order valence-corrected chi connectivity index (χ1v) is 6.68. The molecule has 2 N–H and O–H groups in total. The number of nitrogens with zero attached hydrogens (tertiary/aromatic N) is 1. The third-order valence-corrected chi connectivity index (χ3v) is 3.38. The van der Waals surface area contributed by atoms with E-state index in [2.05, 4.69) is 21.2 Å². The lowest BCUT2D eigenvalue weighted by Gasteiger charge is -2.24. The van der Waals surface area contributed by atoms with Crippen LogP contribution >= 0.6 is 15.9 Å². The van der Waals surface area contributed by atoms with Crippen LogP contribution in [0.25, 0.3) is 0 Å². The number of halogens is 1. The predicted molar refractivity (Wildman–Crippen MR) is 77.4 cm³/mol. The van der Waals surface area contributed by atoms with E-state index in [-0.39, 0.29) is 0 Å². The van der Waals surface area contributed by atoms with E-state index < -0.39 is 18.0 Å². The Hall–Kier alpha value is -1.56. The molecule has 0 aromatic heterocycles. The molecule has 5 nitrogen and oxygen atoms in total. The number of carboxylic acid groups (broad SMARTS) is 1. The van der Waals surface area contributed by atoms with Crippen LogP contribution < -0.4 is 5.32 Å². The Bertz CT molecular complexity index is 491. The standard InChI is InChI=1S/C13H17BrN2O3/c1-4-11(12(17)18)16(3)13(19)15-10-6-5-9(14)7-8(10)2/h5-7,11H,4H2,1-3H3,(H,15,19)(H,17,18). The summed E-state index contributed by atoms with van der Waals surface area (Å²) in [7, 11) is 1.48. The second-order valence-corrected chi connectivity index (χ2v) is 5.18. The van der Waals surface area contributed by atoms with Crippen molar-refractivity contribution in [2.24, 2.45) is 0 Å². The van der Waals surface area contributed by atoms with Gasteiger partial charge in [-0.1, -0.05) is 22.9 Å². The van der Waals surface area contributed by atoms with Crippen LogP contribution in [0.5, 0.6) is 0 Å². The van der Waals surface area contributed by atoms with E-state index in [0.29, 0.717) is 12.1 Å². The first-order valence-electron chi connectivity index (χ1n) is 5.89. The molecule has 6 heteroatoms. The number of carboxylic acids is 1. The Morgan fingerprint density at radius 3 is 2.58 bits per heavy atom. The van der Waals surface area contributed by atoms with Gasteiger partial charge in [-0.05, 0) is 37.1 Å². The molecule has 0 bridgehead atoms. The number of urea groups is 1. The van der Waals surface area contributed by atoms with E-state index in [9.17, 15) is 9.59 Å². The van der Waals surface area contributed by atoms with Gasteiger partial charge in [-0.3, -0.25) is 0 Å². The van der Waals surface area contributed by atoms with Crippen molar-refractivity contribution in [1.29, 1.82) is 0 Å². The van der Waals surface area contributed by atoms with Crippen LogP contribution in [0.2, 0.25) is 0 Å².